The van der Waals surface area contributed by atoms with Gasteiger partial charge in [-0.15, -0.1) is 0 Å². The third kappa shape index (κ3) is 5.14. The molecule has 2 atom stereocenters. The first-order valence-electron chi connectivity index (χ1n) is 10.9. The van der Waals surface area contributed by atoms with Gasteiger partial charge in [0.1, 0.15) is 29.8 Å². The van der Waals surface area contributed by atoms with Crippen LogP contribution in [0.4, 0.5) is 0 Å². The monoisotopic (exact) mass is 449 g/mol. The first kappa shape index (κ1) is 22.4. The number of aliphatic hydroxyl groups is 1. The molecule has 4 rings (SSSR count). The van der Waals surface area contributed by atoms with Gasteiger partial charge in [0.15, 0.2) is 0 Å². The van der Waals surface area contributed by atoms with Crippen molar-refractivity contribution in [2.75, 3.05) is 6.61 Å². The van der Waals surface area contributed by atoms with Gasteiger partial charge in [-0.1, -0.05) is 78.5 Å². The van der Waals surface area contributed by atoms with Crippen molar-refractivity contribution in [3.05, 3.63) is 101 Å². The molecule has 1 aromatic heterocycles. The quantitative estimate of drug-likeness (QED) is 0.302. The lowest BCUT2D eigenvalue weighted by Crippen LogP contribution is -2.37. The lowest BCUT2D eigenvalue weighted by atomic mass is 9.91. The van der Waals surface area contributed by atoms with E-state index < -0.39 is 10.9 Å². The molecule has 2 aromatic carbocycles. The molecule has 0 fully saturated rings. The van der Waals surface area contributed by atoms with E-state index in [1.807, 2.05) is 47.9 Å². The van der Waals surface area contributed by atoms with Crippen LogP contribution in [0.3, 0.4) is 0 Å². The summed E-state index contributed by atoms with van der Waals surface area (Å²) >= 11 is 1.28. The molecule has 0 saturated heterocycles. The largest absolute Gasteiger partial charge is 0.465 e. The van der Waals surface area contributed by atoms with E-state index in [1.165, 1.54) is 17.3 Å². The fourth-order valence-corrected chi connectivity index (χ4v) is 5.05. The van der Waals surface area contributed by atoms with Crippen LogP contribution < -0.4 is 4.57 Å². The molecule has 1 N–H and O–H groups in total. The molecule has 3 aromatic rings. The predicted octanol–water partition coefficient (Wildman–Crippen LogP) is 4.19. The number of hydrogen-bond acceptors (Lipinski definition) is 4. The number of esters is 1. The Morgan fingerprint density at radius 1 is 1.19 bits per heavy atom. The lowest BCUT2D eigenvalue weighted by molar-refractivity contribution is -0.694. The van der Waals surface area contributed by atoms with Gasteiger partial charge in [-0.3, -0.25) is 4.79 Å². The Kier molecular flexibility index (Phi) is 7.12. The Bertz CT molecular complexity index is 1060. The minimum absolute atomic E-state index is 0.312. The summed E-state index contributed by atoms with van der Waals surface area (Å²) < 4.78 is 10.0. The maximum Gasteiger partial charge on any atom is 0.317 e. The normalized spacial score (nSPS) is 18.6. The van der Waals surface area contributed by atoms with Gasteiger partial charge in [-0.25, -0.2) is 9.13 Å². The number of rotatable bonds is 9. The number of carbonyl (C=O) groups is 1. The summed E-state index contributed by atoms with van der Waals surface area (Å²) in [6, 6.07) is 19.8. The van der Waals surface area contributed by atoms with Crippen molar-refractivity contribution in [2.24, 2.45) is 0 Å². The highest BCUT2D eigenvalue weighted by atomic mass is 32.2. The Balaban J connectivity index is 1.33. The zero-order valence-electron chi connectivity index (χ0n) is 18.3. The summed E-state index contributed by atoms with van der Waals surface area (Å²) in [6.07, 6.45) is 7.18. The van der Waals surface area contributed by atoms with Crippen LogP contribution >= 0.6 is 11.8 Å². The summed E-state index contributed by atoms with van der Waals surface area (Å²) in [5, 5.41) is 12.9. The summed E-state index contributed by atoms with van der Waals surface area (Å²) in [5.74, 6) is 0.0633. The molecule has 1 aliphatic rings. The number of hydrogen-bond donors (Lipinski definition) is 1. The smallest absolute Gasteiger partial charge is 0.317 e. The van der Waals surface area contributed by atoms with Crippen LogP contribution in [0.1, 0.15) is 35.7 Å². The number of benzene rings is 2. The van der Waals surface area contributed by atoms with E-state index in [9.17, 15) is 9.90 Å². The van der Waals surface area contributed by atoms with Crippen molar-refractivity contribution in [1.29, 1.82) is 0 Å². The van der Waals surface area contributed by atoms with E-state index in [0.29, 0.717) is 19.4 Å². The minimum atomic E-state index is -1.20. The molecule has 0 spiro atoms. The Labute approximate surface area is 193 Å². The van der Waals surface area contributed by atoms with E-state index in [4.69, 9.17) is 4.74 Å². The SMILES string of the molecule is Cc1n(CCCOC(=O)C(c2ccccc2)C2(O)CC=CS2)cc[n+]1Cc1ccccc1. The number of imidazole rings is 1. The number of aryl methyl sites for hydroxylation is 1. The number of ether oxygens (including phenoxy) is 1. The van der Waals surface area contributed by atoms with Crippen molar-refractivity contribution in [2.45, 2.75) is 43.7 Å². The zero-order chi connectivity index (χ0) is 22.4. The van der Waals surface area contributed by atoms with Crippen LogP contribution in [0.15, 0.2) is 84.5 Å². The van der Waals surface area contributed by atoms with Gasteiger partial charge >= 0.3 is 5.97 Å². The standard InChI is InChI=1S/C26H29N2O3S/c1-21-27(16-17-28(21)20-22-10-4-2-5-11-22)15-9-18-31-25(29)24(23-12-6-3-7-13-23)26(30)14-8-19-32-26/h2-8,10-13,16-17,19,24,30H,9,14-15,18,20H2,1H3/q+1. The molecule has 1 aliphatic heterocycles. The zero-order valence-corrected chi connectivity index (χ0v) is 19.1. The molecule has 0 aliphatic carbocycles. The Hall–Kier alpha value is -2.83. The van der Waals surface area contributed by atoms with Crippen molar-refractivity contribution < 1.29 is 19.2 Å². The van der Waals surface area contributed by atoms with Gasteiger partial charge in [-0.2, -0.15) is 0 Å². The summed E-state index contributed by atoms with van der Waals surface area (Å²) in [5.41, 5.74) is 2.04. The van der Waals surface area contributed by atoms with Crippen LogP contribution in [0.5, 0.6) is 0 Å². The molecule has 166 valence electrons. The Morgan fingerprint density at radius 2 is 1.91 bits per heavy atom. The molecular formula is C26H29N2O3S+. The summed E-state index contributed by atoms with van der Waals surface area (Å²) in [4.78, 5) is 11.8. The predicted molar refractivity (Wildman–Crippen MR) is 126 cm³/mol. The summed E-state index contributed by atoms with van der Waals surface area (Å²) in [7, 11) is 0. The van der Waals surface area contributed by atoms with E-state index in [2.05, 4.69) is 52.7 Å². The second-order valence-electron chi connectivity index (χ2n) is 8.06. The molecule has 0 saturated carbocycles. The average Bonchev–Trinajstić information content (AvgIpc) is 3.39. The van der Waals surface area contributed by atoms with Gasteiger partial charge in [0.25, 0.3) is 5.82 Å². The van der Waals surface area contributed by atoms with Crippen molar-refractivity contribution in [3.8, 4) is 0 Å². The molecule has 2 heterocycles. The van der Waals surface area contributed by atoms with Gasteiger partial charge in [-0.05, 0) is 16.5 Å². The van der Waals surface area contributed by atoms with Crippen molar-refractivity contribution in [1.82, 2.24) is 4.57 Å². The number of carbonyl (C=O) groups excluding carboxylic acids is 1. The third-order valence-corrected chi connectivity index (χ3v) is 6.98. The second kappa shape index (κ2) is 10.2. The molecule has 0 bridgehead atoms. The molecule has 2 unspecified atom stereocenters. The average molecular weight is 450 g/mol. The van der Waals surface area contributed by atoms with Crippen LogP contribution in [-0.2, 0) is 22.6 Å². The summed E-state index contributed by atoms with van der Waals surface area (Å²) in [6.45, 7) is 4.00. The highest BCUT2D eigenvalue weighted by Crippen LogP contribution is 2.45. The van der Waals surface area contributed by atoms with E-state index in [0.717, 1.165) is 24.5 Å². The number of nitrogens with zero attached hydrogens (tertiary/aromatic N) is 2. The maximum absolute atomic E-state index is 13.0. The fourth-order valence-electron chi connectivity index (χ4n) is 4.06. The van der Waals surface area contributed by atoms with E-state index >= 15 is 0 Å². The lowest BCUT2D eigenvalue weighted by Gasteiger charge is -2.30. The van der Waals surface area contributed by atoms with Gasteiger partial charge < -0.3 is 9.84 Å². The first-order chi connectivity index (χ1) is 15.6. The molecule has 6 heteroatoms. The van der Waals surface area contributed by atoms with Crippen molar-refractivity contribution >= 4 is 17.7 Å². The van der Waals surface area contributed by atoms with Gasteiger partial charge in [0.05, 0.1) is 13.2 Å². The molecule has 0 amide bonds. The van der Waals surface area contributed by atoms with E-state index in [-0.39, 0.29) is 5.97 Å². The minimum Gasteiger partial charge on any atom is -0.465 e. The molecule has 32 heavy (non-hydrogen) atoms. The first-order valence-corrected chi connectivity index (χ1v) is 11.8. The molecular weight excluding hydrogens is 420 g/mol. The van der Waals surface area contributed by atoms with Gasteiger partial charge in [0.2, 0.25) is 0 Å². The van der Waals surface area contributed by atoms with Crippen molar-refractivity contribution in [3.63, 3.8) is 0 Å². The molecule has 0 radical (unpaired) electrons. The van der Waals surface area contributed by atoms with Crippen LogP contribution in [0.2, 0.25) is 0 Å². The highest BCUT2D eigenvalue weighted by molar-refractivity contribution is 8.03. The second-order valence-corrected chi connectivity index (χ2v) is 9.27. The van der Waals surface area contributed by atoms with Gasteiger partial charge in [0, 0.05) is 19.8 Å². The van der Waals surface area contributed by atoms with Crippen LogP contribution in [0, 0.1) is 6.92 Å². The topological polar surface area (TPSA) is 55.3 Å². The third-order valence-electron chi connectivity index (χ3n) is 5.84. The number of thioether (sulfide) groups is 1. The maximum atomic E-state index is 13.0. The van der Waals surface area contributed by atoms with E-state index in [1.54, 1.807) is 0 Å². The number of aromatic nitrogens is 2. The van der Waals surface area contributed by atoms with Crippen LogP contribution in [0.25, 0.3) is 0 Å². The Morgan fingerprint density at radius 3 is 2.59 bits per heavy atom. The highest BCUT2D eigenvalue weighted by Gasteiger charge is 2.44. The molecule has 5 nitrogen and oxygen atoms in total. The fraction of sp³-hybridized carbons (Fsp3) is 0.308. The van der Waals surface area contributed by atoms with Crippen LogP contribution in [-0.4, -0.2) is 27.2 Å².